The summed E-state index contributed by atoms with van der Waals surface area (Å²) in [5.74, 6) is 1.68. The average Bonchev–Trinajstić information content (AvgIpc) is 3.50. The maximum atomic E-state index is 6.12. The van der Waals surface area contributed by atoms with Crippen LogP contribution in [0.25, 0.3) is 27.9 Å². The Morgan fingerprint density at radius 3 is 2.83 bits per heavy atom. The van der Waals surface area contributed by atoms with Crippen molar-refractivity contribution in [2.24, 2.45) is 0 Å². The SMILES string of the molecule is Cc1cc(-c2nnc3c4ccccc4c(OCc4cc5c(cn4)CNC5)nn23)no1. The van der Waals surface area contributed by atoms with Gasteiger partial charge in [-0.1, -0.05) is 23.4 Å². The first-order valence-electron chi connectivity index (χ1n) is 9.64. The van der Waals surface area contributed by atoms with Gasteiger partial charge in [0.25, 0.3) is 0 Å². The van der Waals surface area contributed by atoms with Gasteiger partial charge in [-0.2, -0.15) is 4.52 Å². The van der Waals surface area contributed by atoms with Crippen LogP contribution in [0.5, 0.6) is 5.88 Å². The first-order valence-corrected chi connectivity index (χ1v) is 9.64. The van der Waals surface area contributed by atoms with E-state index in [1.165, 1.54) is 11.1 Å². The van der Waals surface area contributed by atoms with Crippen LogP contribution in [0.1, 0.15) is 22.6 Å². The number of ether oxygens (including phenoxy) is 1. The van der Waals surface area contributed by atoms with Gasteiger partial charge in [-0.25, -0.2) is 0 Å². The molecule has 0 aliphatic carbocycles. The predicted molar refractivity (Wildman–Crippen MR) is 108 cm³/mol. The van der Waals surface area contributed by atoms with Crippen molar-refractivity contribution < 1.29 is 9.26 Å². The largest absolute Gasteiger partial charge is 0.470 e. The van der Waals surface area contributed by atoms with Gasteiger partial charge < -0.3 is 14.6 Å². The van der Waals surface area contributed by atoms with Crippen molar-refractivity contribution in [1.29, 1.82) is 0 Å². The van der Waals surface area contributed by atoms with Gasteiger partial charge in [-0.3, -0.25) is 4.98 Å². The first kappa shape index (κ1) is 17.0. The van der Waals surface area contributed by atoms with E-state index < -0.39 is 0 Å². The number of hydrogen-bond donors (Lipinski definition) is 1. The van der Waals surface area contributed by atoms with Crippen LogP contribution in [0.2, 0.25) is 0 Å². The van der Waals surface area contributed by atoms with Crippen LogP contribution >= 0.6 is 0 Å². The molecule has 6 rings (SSSR count). The lowest BCUT2D eigenvalue weighted by Gasteiger charge is -2.10. The normalized spacial score (nSPS) is 13.2. The Balaban J connectivity index is 1.43. The average molecular weight is 399 g/mol. The third-order valence-electron chi connectivity index (χ3n) is 5.21. The standard InChI is InChI=1S/C21H17N7O2/c1-12-6-18(27-30-12)20-25-24-19-16-4-2-3-5-17(16)21(26-28(19)20)29-11-15-7-13-8-22-9-14(13)10-23-15/h2-7,10,22H,8-9,11H2,1H3. The van der Waals surface area contributed by atoms with Gasteiger partial charge in [0.15, 0.2) is 11.3 Å². The lowest BCUT2D eigenvalue weighted by Crippen LogP contribution is -2.05. The van der Waals surface area contributed by atoms with Gasteiger partial charge in [0.05, 0.1) is 5.69 Å². The molecular formula is C21H17N7O2. The summed E-state index contributed by atoms with van der Waals surface area (Å²) in [5, 5.41) is 22.4. The quantitative estimate of drug-likeness (QED) is 0.492. The number of rotatable bonds is 4. The zero-order valence-electron chi connectivity index (χ0n) is 16.2. The summed E-state index contributed by atoms with van der Waals surface area (Å²) in [6.45, 7) is 3.87. The number of benzene rings is 1. The van der Waals surface area contributed by atoms with Gasteiger partial charge in [0.1, 0.15) is 12.4 Å². The summed E-state index contributed by atoms with van der Waals surface area (Å²) in [4.78, 5) is 4.52. The molecule has 0 saturated carbocycles. The molecule has 5 aromatic rings. The van der Waals surface area contributed by atoms with E-state index in [1.807, 2.05) is 37.4 Å². The van der Waals surface area contributed by atoms with E-state index in [9.17, 15) is 0 Å². The first-order chi connectivity index (χ1) is 14.8. The minimum absolute atomic E-state index is 0.316. The molecule has 1 aromatic carbocycles. The van der Waals surface area contributed by atoms with Gasteiger partial charge in [-0.15, -0.1) is 15.3 Å². The smallest absolute Gasteiger partial charge is 0.240 e. The molecule has 148 valence electrons. The molecule has 1 aliphatic rings. The third-order valence-corrected chi connectivity index (χ3v) is 5.21. The van der Waals surface area contributed by atoms with Crippen LogP contribution in [0.3, 0.4) is 0 Å². The second-order valence-corrected chi connectivity index (χ2v) is 7.27. The summed E-state index contributed by atoms with van der Waals surface area (Å²) < 4.78 is 13.0. The van der Waals surface area contributed by atoms with Crippen molar-refractivity contribution >= 4 is 16.4 Å². The number of pyridine rings is 1. The van der Waals surface area contributed by atoms with Crippen molar-refractivity contribution in [3.05, 3.63) is 65.2 Å². The Labute approximate surface area is 170 Å². The number of nitrogens with one attached hydrogen (secondary N) is 1. The van der Waals surface area contributed by atoms with E-state index >= 15 is 0 Å². The highest BCUT2D eigenvalue weighted by molar-refractivity contribution is 5.96. The molecule has 9 heteroatoms. The Bertz CT molecular complexity index is 1410. The second-order valence-electron chi connectivity index (χ2n) is 7.27. The summed E-state index contributed by atoms with van der Waals surface area (Å²) in [6.07, 6.45) is 1.91. The molecule has 0 saturated heterocycles. The maximum Gasteiger partial charge on any atom is 0.240 e. The van der Waals surface area contributed by atoms with E-state index in [4.69, 9.17) is 9.26 Å². The maximum absolute atomic E-state index is 6.12. The third kappa shape index (κ3) is 2.71. The van der Waals surface area contributed by atoms with E-state index in [0.29, 0.717) is 35.4 Å². The van der Waals surface area contributed by atoms with Crippen molar-refractivity contribution in [3.63, 3.8) is 0 Å². The highest BCUT2D eigenvalue weighted by Crippen LogP contribution is 2.29. The van der Waals surface area contributed by atoms with Crippen LogP contribution in [0, 0.1) is 6.92 Å². The Morgan fingerprint density at radius 1 is 1.10 bits per heavy atom. The Kier molecular flexibility index (Phi) is 3.75. The lowest BCUT2D eigenvalue weighted by molar-refractivity contribution is 0.289. The molecule has 0 unspecified atom stereocenters. The van der Waals surface area contributed by atoms with Gasteiger partial charge >= 0.3 is 0 Å². The van der Waals surface area contributed by atoms with Crippen LogP contribution in [-0.4, -0.2) is 30.0 Å². The van der Waals surface area contributed by atoms with E-state index in [0.717, 1.165) is 29.6 Å². The highest BCUT2D eigenvalue weighted by atomic mass is 16.5. The number of nitrogens with zero attached hydrogens (tertiary/aromatic N) is 6. The monoisotopic (exact) mass is 399 g/mol. The molecule has 0 fully saturated rings. The summed E-state index contributed by atoms with van der Waals surface area (Å²) in [6, 6.07) is 11.7. The van der Waals surface area contributed by atoms with Crippen molar-refractivity contribution in [2.45, 2.75) is 26.6 Å². The fraction of sp³-hybridized carbons (Fsp3) is 0.190. The molecule has 30 heavy (non-hydrogen) atoms. The molecular weight excluding hydrogens is 382 g/mol. The van der Waals surface area contributed by atoms with E-state index in [2.05, 4.69) is 36.8 Å². The van der Waals surface area contributed by atoms with Crippen LogP contribution in [0.4, 0.5) is 0 Å². The molecule has 9 nitrogen and oxygen atoms in total. The number of fused-ring (bicyclic) bond motifs is 4. The second kappa shape index (κ2) is 6.60. The fourth-order valence-electron chi connectivity index (χ4n) is 3.74. The van der Waals surface area contributed by atoms with Crippen molar-refractivity contribution in [2.75, 3.05) is 0 Å². The predicted octanol–water partition coefficient (Wildman–Crippen LogP) is 2.82. The van der Waals surface area contributed by atoms with Crippen LogP contribution in [-0.2, 0) is 19.7 Å². The molecule has 0 bridgehead atoms. The zero-order chi connectivity index (χ0) is 20.1. The summed E-state index contributed by atoms with van der Waals surface area (Å²) in [7, 11) is 0. The number of aryl methyl sites for hydroxylation is 1. The van der Waals surface area contributed by atoms with Gasteiger partial charge in [0.2, 0.25) is 11.7 Å². The molecule has 0 amide bonds. The molecule has 0 radical (unpaired) electrons. The van der Waals surface area contributed by atoms with E-state index in [1.54, 1.807) is 10.6 Å². The fourth-order valence-corrected chi connectivity index (χ4v) is 3.74. The van der Waals surface area contributed by atoms with E-state index in [-0.39, 0.29) is 0 Å². The topological polar surface area (TPSA) is 103 Å². The summed E-state index contributed by atoms with van der Waals surface area (Å²) in [5.41, 5.74) is 4.57. The molecule has 5 heterocycles. The molecule has 0 spiro atoms. The Morgan fingerprint density at radius 2 is 1.97 bits per heavy atom. The minimum atomic E-state index is 0.316. The lowest BCUT2D eigenvalue weighted by atomic mass is 10.1. The van der Waals surface area contributed by atoms with Crippen molar-refractivity contribution in [3.8, 4) is 17.4 Å². The summed E-state index contributed by atoms with van der Waals surface area (Å²) >= 11 is 0. The van der Waals surface area contributed by atoms with Crippen LogP contribution in [0.15, 0.2) is 47.1 Å². The van der Waals surface area contributed by atoms with Gasteiger partial charge in [0, 0.05) is 36.1 Å². The molecule has 1 aliphatic heterocycles. The molecule has 4 aromatic heterocycles. The molecule has 1 N–H and O–H groups in total. The number of hydrogen-bond acceptors (Lipinski definition) is 8. The zero-order valence-corrected chi connectivity index (χ0v) is 16.2. The number of aromatic nitrogens is 6. The van der Waals surface area contributed by atoms with Crippen LogP contribution < -0.4 is 10.1 Å². The minimum Gasteiger partial charge on any atom is -0.470 e. The molecule has 0 atom stereocenters. The highest BCUT2D eigenvalue weighted by Gasteiger charge is 2.19. The Hall–Kier alpha value is -3.85. The van der Waals surface area contributed by atoms with Crippen molar-refractivity contribution in [1.82, 2.24) is 35.3 Å². The van der Waals surface area contributed by atoms with Gasteiger partial charge in [-0.05, 0) is 30.2 Å².